The number of aromatic nitrogens is 4. The van der Waals surface area contributed by atoms with E-state index in [-0.39, 0.29) is 17.2 Å². The Morgan fingerprint density at radius 2 is 2.06 bits per heavy atom. The zero-order valence-corrected chi connectivity index (χ0v) is 19.4. The summed E-state index contributed by atoms with van der Waals surface area (Å²) >= 11 is 7.40. The molecule has 0 bridgehead atoms. The number of carbonyl (C=O) groups is 1. The fraction of sp³-hybridized carbons (Fsp3) is 0.182. The van der Waals surface area contributed by atoms with Gasteiger partial charge in [-0.1, -0.05) is 35.5 Å². The number of carbonyl (C=O) groups excluding carboxylic acids is 1. The van der Waals surface area contributed by atoms with Gasteiger partial charge in [0.1, 0.15) is 16.9 Å². The minimum Gasteiger partial charge on any atom is -0.497 e. The molecule has 9 nitrogen and oxygen atoms in total. The number of amides is 1. The second kappa shape index (κ2) is 9.97. The number of thioether (sulfide) groups is 1. The van der Waals surface area contributed by atoms with Gasteiger partial charge < -0.3 is 14.8 Å². The number of fused-ring (bicyclic) bond motifs is 1. The van der Waals surface area contributed by atoms with Crippen molar-refractivity contribution >= 4 is 40.3 Å². The first-order valence-electron chi connectivity index (χ1n) is 9.82. The van der Waals surface area contributed by atoms with Gasteiger partial charge in [-0.3, -0.25) is 19.3 Å². The summed E-state index contributed by atoms with van der Waals surface area (Å²) in [6, 6.07) is 12.4. The van der Waals surface area contributed by atoms with Crippen LogP contribution in [0.25, 0.3) is 16.7 Å². The number of rotatable bonds is 8. The van der Waals surface area contributed by atoms with Crippen molar-refractivity contribution in [3.05, 3.63) is 69.6 Å². The summed E-state index contributed by atoms with van der Waals surface area (Å²) in [5, 5.41) is 10.5. The van der Waals surface area contributed by atoms with Crippen molar-refractivity contribution in [2.45, 2.75) is 11.7 Å². The molecule has 4 aromatic rings. The lowest BCUT2D eigenvalue weighted by molar-refractivity contribution is -0.118. The molecule has 0 aliphatic heterocycles. The first-order chi connectivity index (χ1) is 16.0. The van der Waals surface area contributed by atoms with Crippen LogP contribution in [0, 0.1) is 0 Å². The molecule has 11 heteroatoms. The topological polar surface area (TPSA) is 111 Å². The Morgan fingerprint density at radius 3 is 2.82 bits per heavy atom. The standard InChI is InChI=1S/C22H20ClN5O4S/c1-31-15-5-3-4-13(8-15)10-24-19(29)12-33-22-26-20-16(11-25-27-20)21(30)28(22)14-6-7-18(32-2)17(23)9-14/h3-9,11H,10,12H2,1-2H3,(H,24,29)(H,25,27). The number of nitrogens with zero attached hydrogens (tertiary/aromatic N) is 3. The number of nitrogens with one attached hydrogen (secondary N) is 2. The van der Waals surface area contributed by atoms with Crippen molar-refractivity contribution < 1.29 is 14.3 Å². The van der Waals surface area contributed by atoms with Crippen LogP contribution in [-0.2, 0) is 11.3 Å². The highest BCUT2D eigenvalue weighted by molar-refractivity contribution is 7.99. The van der Waals surface area contributed by atoms with Crippen molar-refractivity contribution in [1.29, 1.82) is 0 Å². The van der Waals surface area contributed by atoms with Crippen LogP contribution in [0.1, 0.15) is 5.56 Å². The van der Waals surface area contributed by atoms with Gasteiger partial charge in [-0.15, -0.1) is 0 Å². The second-order valence-corrected chi connectivity index (χ2v) is 8.25. The van der Waals surface area contributed by atoms with Crippen LogP contribution < -0.4 is 20.3 Å². The molecule has 0 aliphatic rings. The molecule has 0 saturated heterocycles. The molecule has 0 atom stereocenters. The van der Waals surface area contributed by atoms with Gasteiger partial charge in [-0.05, 0) is 35.9 Å². The van der Waals surface area contributed by atoms with E-state index in [0.29, 0.717) is 39.2 Å². The van der Waals surface area contributed by atoms with Crippen LogP contribution in [-0.4, -0.2) is 45.6 Å². The molecule has 4 rings (SSSR count). The molecule has 0 fully saturated rings. The van der Waals surface area contributed by atoms with E-state index in [0.717, 1.165) is 23.1 Å². The maximum atomic E-state index is 13.2. The highest BCUT2D eigenvalue weighted by Crippen LogP contribution is 2.28. The number of methoxy groups -OCH3 is 2. The zero-order valence-electron chi connectivity index (χ0n) is 17.8. The number of halogens is 1. The van der Waals surface area contributed by atoms with E-state index in [9.17, 15) is 9.59 Å². The fourth-order valence-corrected chi connectivity index (χ4v) is 4.24. The average Bonchev–Trinajstić information content (AvgIpc) is 3.30. The number of hydrogen-bond acceptors (Lipinski definition) is 7. The smallest absolute Gasteiger partial charge is 0.269 e. The van der Waals surface area contributed by atoms with Crippen LogP contribution >= 0.6 is 23.4 Å². The third-order valence-corrected chi connectivity index (χ3v) is 6.04. The highest BCUT2D eigenvalue weighted by Gasteiger charge is 2.17. The van der Waals surface area contributed by atoms with Gasteiger partial charge in [-0.2, -0.15) is 5.10 Å². The maximum absolute atomic E-state index is 13.2. The van der Waals surface area contributed by atoms with Crippen LogP contribution in [0.15, 0.2) is 58.6 Å². The van der Waals surface area contributed by atoms with Crippen LogP contribution in [0.4, 0.5) is 0 Å². The largest absolute Gasteiger partial charge is 0.497 e. The predicted octanol–water partition coefficient (Wildman–Crippen LogP) is 3.19. The molecule has 170 valence electrons. The van der Waals surface area contributed by atoms with Gasteiger partial charge in [0.2, 0.25) is 5.91 Å². The first kappa shape index (κ1) is 22.7. The van der Waals surface area contributed by atoms with Crippen LogP contribution in [0.5, 0.6) is 11.5 Å². The minimum absolute atomic E-state index is 0.0555. The maximum Gasteiger partial charge on any atom is 0.269 e. The van der Waals surface area contributed by atoms with Crippen LogP contribution in [0.3, 0.4) is 0 Å². The lowest BCUT2D eigenvalue weighted by Gasteiger charge is -2.13. The quantitative estimate of drug-likeness (QED) is 0.291. The summed E-state index contributed by atoms with van der Waals surface area (Å²) in [5.74, 6) is 1.05. The summed E-state index contributed by atoms with van der Waals surface area (Å²) in [4.78, 5) is 30.1. The van der Waals surface area contributed by atoms with E-state index in [2.05, 4.69) is 20.5 Å². The summed E-state index contributed by atoms with van der Waals surface area (Å²) in [6.45, 7) is 0.352. The molecule has 0 spiro atoms. The Hall–Kier alpha value is -3.50. The number of hydrogen-bond donors (Lipinski definition) is 2. The Kier molecular flexibility index (Phi) is 6.85. The van der Waals surface area contributed by atoms with Crippen LogP contribution in [0.2, 0.25) is 5.02 Å². The van der Waals surface area contributed by atoms with E-state index in [1.54, 1.807) is 25.3 Å². The van der Waals surface area contributed by atoms with E-state index in [4.69, 9.17) is 21.1 Å². The van der Waals surface area contributed by atoms with Gasteiger partial charge in [0.25, 0.3) is 5.56 Å². The molecule has 0 aliphatic carbocycles. The zero-order chi connectivity index (χ0) is 23.4. The first-order valence-corrected chi connectivity index (χ1v) is 11.2. The minimum atomic E-state index is -0.325. The van der Waals surface area contributed by atoms with Gasteiger partial charge in [-0.25, -0.2) is 4.98 Å². The van der Waals surface area contributed by atoms with E-state index in [1.807, 2.05) is 24.3 Å². The second-order valence-electron chi connectivity index (χ2n) is 6.90. The average molecular weight is 486 g/mol. The molecule has 2 N–H and O–H groups in total. The van der Waals surface area contributed by atoms with E-state index in [1.165, 1.54) is 17.9 Å². The third kappa shape index (κ3) is 4.96. The van der Waals surface area contributed by atoms with Gasteiger partial charge in [0.15, 0.2) is 10.8 Å². The molecular weight excluding hydrogens is 466 g/mol. The number of H-pyrrole nitrogens is 1. The third-order valence-electron chi connectivity index (χ3n) is 4.80. The fourth-order valence-electron chi connectivity index (χ4n) is 3.16. The molecule has 2 heterocycles. The molecule has 2 aromatic heterocycles. The number of benzene rings is 2. The van der Waals surface area contributed by atoms with Gasteiger partial charge >= 0.3 is 0 Å². The molecule has 0 unspecified atom stereocenters. The lowest BCUT2D eigenvalue weighted by Crippen LogP contribution is -2.26. The van der Waals surface area contributed by atoms with Crippen molar-refractivity contribution in [2.24, 2.45) is 0 Å². The lowest BCUT2D eigenvalue weighted by atomic mass is 10.2. The summed E-state index contributed by atoms with van der Waals surface area (Å²) in [5.41, 5.74) is 1.43. The summed E-state index contributed by atoms with van der Waals surface area (Å²) < 4.78 is 11.8. The van der Waals surface area contributed by atoms with Gasteiger partial charge in [0, 0.05) is 6.54 Å². The Bertz CT molecular complexity index is 1370. The predicted molar refractivity (Wildman–Crippen MR) is 127 cm³/mol. The van der Waals surface area contributed by atoms with Crippen molar-refractivity contribution in [3.8, 4) is 17.2 Å². The molecule has 33 heavy (non-hydrogen) atoms. The number of ether oxygens (including phenoxy) is 2. The molecule has 2 aromatic carbocycles. The molecule has 0 saturated carbocycles. The summed E-state index contributed by atoms with van der Waals surface area (Å²) in [7, 11) is 3.10. The normalized spacial score (nSPS) is 10.9. The van der Waals surface area contributed by atoms with E-state index < -0.39 is 0 Å². The van der Waals surface area contributed by atoms with Crippen molar-refractivity contribution in [1.82, 2.24) is 25.1 Å². The van der Waals surface area contributed by atoms with Crippen molar-refractivity contribution in [2.75, 3.05) is 20.0 Å². The van der Waals surface area contributed by atoms with Crippen molar-refractivity contribution in [3.63, 3.8) is 0 Å². The van der Waals surface area contributed by atoms with Gasteiger partial charge in [0.05, 0.1) is 36.9 Å². The highest BCUT2D eigenvalue weighted by atomic mass is 35.5. The monoisotopic (exact) mass is 485 g/mol. The molecular formula is C22H20ClN5O4S. The van der Waals surface area contributed by atoms with E-state index >= 15 is 0 Å². The SMILES string of the molecule is COc1cccc(CNC(=O)CSc2nc3[nH]ncc3c(=O)n2-c2ccc(OC)c(Cl)c2)c1. The Labute approximate surface area is 198 Å². The molecule has 1 amide bonds. The molecule has 0 radical (unpaired) electrons. The number of aromatic amines is 1. The summed E-state index contributed by atoms with van der Waals surface area (Å²) in [6.07, 6.45) is 1.42. The Balaban J connectivity index is 1.56. The Morgan fingerprint density at radius 1 is 1.21 bits per heavy atom.